The maximum Gasteiger partial charge on any atom is 0.338 e. The molecule has 2 aromatic rings. The molecule has 1 fully saturated rings. The van der Waals surface area contributed by atoms with E-state index in [0.717, 1.165) is 24.0 Å². The van der Waals surface area contributed by atoms with E-state index in [1.807, 2.05) is 24.3 Å². The van der Waals surface area contributed by atoms with Crippen LogP contribution in [0.2, 0.25) is 0 Å². The fraction of sp³-hybridized carbons (Fsp3) is 0.263. The summed E-state index contributed by atoms with van der Waals surface area (Å²) in [6.07, 6.45) is 2.33. The van der Waals surface area contributed by atoms with E-state index < -0.39 is 12.1 Å². The van der Waals surface area contributed by atoms with E-state index in [0.29, 0.717) is 18.4 Å². The molecule has 1 aliphatic carbocycles. The van der Waals surface area contributed by atoms with Crippen molar-refractivity contribution in [1.82, 2.24) is 0 Å². The SMILES string of the molecule is O=C(O[C@H]1CCCCC1=O)c1ccc(-c2ccc(O)cc2)cc1. The summed E-state index contributed by atoms with van der Waals surface area (Å²) in [7, 11) is 0. The molecular formula is C19H18O4. The minimum atomic E-state index is -0.590. The van der Waals surface area contributed by atoms with Gasteiger partial charge in [-0.05, 0) is 54.7 Å². The van der Waals surface area contributed by atoms with E-state index in [9.17, 15) is 14.7 Å². The molecule has 1 atom stereocenters. The fourth-order valence-corrected chi connectivity index (χ4v) is 2.73. The van der Waals surface area contributed by atoms with Crippen LogP contribution >= 0.6 is 0 Å². The van der Waals surface area contributed by atoms with Gasteiger partial charge in [-0.2, -0.15) is 0 Å². The number of Topliss-reactive ketones (excluding diaryl/α,β-unsaturated/α-hetero) is 1. The molecule has 0 aromatic heterocycles. The zero-order valence-corrected chi connectivity index (χ0v) is 12.7. The van der Waals surface area contributed by atoms with Gasteiger partial charge in [0, 0.05) is 6.42 Å². The number of rotatable bonds is 3. The van der Waals surface area contributed by atoms with Crippen LogP contribution < -0.4 is 0 Å². The lowest BCUT2D eigenvalue weighted by molar-refractivity contribution is -0.129. The van der Waals surface area contributed by atoms with Crippen molar-refractivity contribution in [2.75, 3.05) is 0 Å². The van der Waals surface area contributed by atoms with Crippen LogP contribution in [0.3, 0.4) is 0 Å². The van der Waals surface area contributed by atoms with E-state index in [1.165, 1.54) is 0 Å². The Bertz CT molecular complexity index is 701. The summed E-state index contributed by atoms with van der Waals surface area (Å²) >= 11 is 0. The Kier molecular flexibility index (Phi) is 4.42. The lowest BCUT2D eigenvalue weighted by Gasteiger charge is -2.20. The summed E-state index contributed by atoms with van der Waals surface area (Å²) < 4.78 is 5.33. The number of hydrogen-bond acceptors (Lipinski definition) is 4. The lowest BCUT2D eigenvalue weighted by Crippen LogP contribution is -2.30. The van der Waals surface area contributed by atoms with Crippen LogP contribution in [-0.4, -0.2) is 23.0 Å². The van der Waals surface area contributed by atoms with Gasteiger partial charge in [0.1, 0.15) is 5.75 Å². The topological polar surface area (TPSA) is 63.6 Å². The van der Waals surface area contributed by atoms with Crippen LogP contribution in [0, 0.1) is 0 Å². The minimum Gasteiger partial charge on any atom is -0.508 e. The Morgan fingerprint density at radius 3 is 2.17 bits per heavy atom. The standard InChI is InChI=1S/C19H18O4/c20-16-11-9-14(10-12-16)13-5-7-15(8-6-13)19(22)23-18-4-2-1-3-17(18)21/h5-12,18,20H,1-4H2/t18-/m0/s1. The zero-order valence-electron chi connectivity index (χ0n) is 12.7. The number of ketones is 1. The van der Waals surface area contributed by atoms with Crippen molar-refractivity contribution in [2.45, 2.75) is 31.8 Å². The lowest BCUT2D eigenvalue weighted by atomic mass is 9.96. The molecule has 0 amide bonds. The van der Waals surface area contributed by atoms with Gasteiger partial charge in [0.25, 0.3) is 0 Å². The van der Waals surface area contributed by atoms with Gasteiger partial charge in [0.05, 0.1) is 5.56 Å². The minimum absolute atomic E-state index is 0.0188. The molecule has 4 heteroatoms. The van der Waals surface area contributed by atoms with Crippen LogP contribution in [0.5, 0.6) is 5.75 Å². The predicted octanol–water partition coefficient (Wildman–Crippen LogP) is 3.73. The number of phenolic OH excluding ortho intramolecular Hbond substituents is 1. The van der Waals surface area contributed by atoms with E-state index in [-0.39, 0.29) is 11.5 Å². The van der Waals surface area contributed by atoms with Crippen LogP contribution in [0.15, 0.2) is 48.5 Å². The molecule has 1 aliphatic rings. The second-order valence-corrected chi connectivity index (χ2v) is 5.73. The molecule has 2 aromatic carbocycles. The smallest absolute Gasteiger partial charge is 0.338 e. The van der Waals surface area contributed by atoms with E-state index >= 15 is 0 Å². The van der Waals surface area contributed by atoms with Crippen LogP contribution in [-0.2, 0) is 9.53 Å². The van der Waals surface area contributed by atoms with Gasteiger partial charge >= 0.3 is 5.97 Å². The molecular weight excluding hydrogens is 292 g/mol. The molecule has 118 valence electrons. The van der Waals surface area contributed by atoms with Crippen LogP contribution in [0.1, 0.15) is 36.0 Å². The van der Waals surface area contributed by atoms with Gasteiger partial charge in [-0.15, -0.1) is 0 Å². The molecule has 23 heavy (non-hydrogen) atoms. The number of aromatic hydroxyl groups is 1. The number of ether oxygens (including phenoxy) is 1. The highest BCUT2D eigenvalue weighted by Crippen LogP contribution is 2.23. The summed E-state index contributed by atoms with van der Waals surface area (Å²) in [6.45, 7) is 0. The summed E-state index contributed by atoms with van der Waals surface area (Å²) in [5, 5.41) is 9.31. The Labute approximate surface area is 134 Å². The summed E-state index contributed by atoms with van der Waals surface area (Å²) in [6, 6.07) is 13.9. The molecule has 3 rings (SSSR count). The number of benzene rings is 2. The third kappa shape index (κ3) is 3.59. The molecule has 1 saturated carbocycles. The molecule has 4 nitrogen and oxygen atoms in total. The highest BCUT2D eigenvalue weighted by atomic mass is 16.5. The quantitative estimate of drug-likeness (QED) is 0.877. The Morgan fingerprint density at radius 2 is 1.57 bits per heavy atom. The Balaban J connectivity index is 1.70. The number of carbonyl (C=O) groups is 2. The van der Waals surface area contributed by atoms with Crippen LogP contribution in [0.4, 0.5) is 0 Å². The van der Waals surface area contributed by atoms with Crippen molar-refractivity contribution in [3.63, 3.8) is 0 Å². The third-order valence-electron chi connectivity index (χ3n) is 4.07. The molecule has 0 spiro atoms. The average Bonchev–Trinajstić information content (AvgIpc) is 2.58. The molecule has 0 heterocycles. The van der Waals surface area contributed by atoms with Crippen molar-refractivity contribution in [1.29, 1.82) is 0 Å². The van der Waals surface area contributed by atoms with E-state index in [4.69, 9.17) is 4.74 Å². The normalized spacial score (nSPS) is 17.7. The second kappa shape index (κ2) is 6.65. The number of esters is 1. The molecule has 0 aliphatic heterocycles. The van der Waals surface area contributed by atoms with Gasteiger partial charge in [0.15, 0.2) is 11.9 Å². The summed E-state index contributed by atoms with van der Waals surface area (Å²) in [5.41, 5.74) is 2.33. The Hall–Kier alpha value is -2.62. The first-order chi connectivity index (χ1) is 11.1. The number of hydrogen-bond donors (Lipinski definition) is 1. The summed E-state index contributed by atoms with van der Waals surface area (Å²) in [4.78, 5) is 23.9. The first-order valence-corrected chi connectivity index (χ1v) is 7.76. The fourth-order valence-electron chi connectivity index (χ4n) is 2.73. The second-order valence-electron chi connectivity index (χ2n) is 5.73. The zero-order chi connectivity index (χ0) is 16.2. The first-order valence-electron chi connectivity index (χ1n) is 7.76. The third-order valence-corrected chi connectivity index (χ3v) is 4.07. The van der Waals surface area contributed by atoms with Crippen LogP contribution in [0.25, 0.3) is 11.1 Å². The van der Waals surface area contributed by atoms with E-state index in [1.54, 1.807) is 24.3 Å². The van der Waals surface area contributed by atoms with Crippen molar-refractivity contribution in [2.24, 2.45) is 0 Å². The van der Waals surface area contributed by atoms with Gasteiger partial charge in [0.2, 0.25) is 0 Å². The molecule has 1 N–H and O–H groups in total. The van der Waals surface area contributed by atoms with Crippen molar-refractivity contribution in [3.8, 4) is 16.9 Å². The van der Waals surface area contributed by atoms with Gasteiger partial charge in [-0.25, -0.2) is 4.79 Å². The number of phenols is 1. The largest absolute Gasteiger partial charge is 0.508 e. The molecule has 0 saturated heterocycles. The van der Waals surface area contributed by atoms with Gasteiger partial charge < -0.3 is 9.84 Å². The maximum atomic E-state index is 12.1. The number of carbonyl (C=O) groups excluding carboxylic acids is 2. The highest BCUT2D eigenvalue weighted by Gasteiger charge is 2.26. The molecule has 0 bridgehead atoms. The van der Waals surface area contributed by atoms with Crippen molar-refractivity contribution < 1.29 is 19.4 Å². The Morgan fingerprint density at radius 1 is 0.957 bits per heavy atom. The van der Waals surface area contributed by atoms with Crippen molar-refractivity contribution >= 4 is 11.8 Å². The summed E-state index contributed by atoms with van der Waals surface area (Å²) in [5.74, 6) is -0.223. The maximum absolute atomic E-state index is 12.1. The highest BCUT2D eigenvalue weighted by molar-refractivity contribution is 5.93. The van der Waals surface area contributed by atoms with E-state index in [2.05, 4.69) is 0 Å². The molecule has 0 radical (unpaired) electrons. The average molecular weight is 310 g/mol. The molecule has 0 unspecified atom stereocenters. The first kappa shape index (κ1) is 15.3. The van der Waals surface area contributed by atoms with Crippen molar-refractivity contribution in [3.05, 3.63) is 54.1 Å². The van der Waals surface area contributed by atoms with Gasteiger partial charge in [-0.1, -0.05) is 24.3 Å². The monoisotopic (exact) mass is 310 g/mol. The van der Waals surface area contributed by atoms with Gasteiger partial charge in [-0.3, -0.25) is 4.79 Å². The predicted molar refractivity (Wildman–Crippen MR) is 86.2 cm³/mol.